The summed E-state index contributed by atoms with van der Waals surface area (Å²) in [5.74, 6) is -1.15. The molecule has 0 radical (unpaired) electrons. The first kappa shape index (κ1) is 15.5. The molecule has 2 rings (SSSR count). The minimum atomic E-state index is -0.925. The van der Waals surface area contributed by atoms with Crippen LogP contribution in [-0.2, 0) is 9.59 Å². The molecule has 112 valence electrons. The van der Waals surface area contributed by atoms with Crippen LogP contribution in [0, 0.1) is 5.92 Å². The van der Waals surface area contributed by atoms with Crippen molar-refractivity contribution in [1.29, 1.82) is 0 Å². The lowest BCUT2D eigenvalue weighted by Gasteiger charge is -2.19. The number of hydrogen-bond acceptors (Lipinski definition) is 4. The number of Topliss-reactive ketones (excluding diaryl/α,β-unsaturated/α-hetero) is 1. The second kappa shape index (κ2) is 6.26. The largest absolute Gasteiger partial charge is 0.482 e. The summed E-state index contributed by atoms with van der Waals surface area (Å²) in [5, 5.41) is 11.4. The molecule has 1 aromatic carbocycles. The maximum Gasteiger partial charge on any atom is 0.303 e. The molecule has 0 aliphatic carbocycles. The van der Waals surface area contributed by atoms with Crippen LogP contribution in [0.4, 0.5) is 5.69 Å². The van der Waals surface area contributed by atoms with Gasteiger partial charge in [-0.1, -0.05) is 6.92 Å². The third kappa shape index (κ3) is 3.81. The third-order valence-electron chi connectivity index (χ3n) is 3.06. The number of fused-ring (bicyclic) bond motifs is 1. The van der Waals surface area contributed by atoms with Gasteiger partial charge >= 0.3 is 5.97 Å². The number of carboxylic acids is 1. The van der Waals surface area contributed by atoms with E-state index in [1.165, 1.54) is 0 Å². The van der Waals surface area contributed by atoms with Gasteiger partial charge in [0, 0.05) is 22.9 Å². The first-order chi connectivity index (χ1) is 9.86. The monoisotopic (exact) mass is 355 g/mol. The molecule has 0 bridgehead atoms. The van der Waals surface area contributed by atoms with E-state index in [9.17, 15) is 14.4 Å². The number of halogens is 1. The Labute approximate surface area is 129 Å². The standard InChI is InChI=1S/C14H14BrNO5/c1-7(3-14(19)20)2-11(17)8-4-12-10(5-9(8)15)16-13(18)6-21-12/h4-5,7H,2-3,6H2,1H3,(H,16,18)(H,19,20). The summed E-state index contributed by atoms with van der Waals surface area (Å²) in [6.45, 7) is 1.63. The molecule has 2 N–H and O–H groups in total. The van der Waals surface area contributed by atoms with E-state index in [2.05, 4.69) is 21.2 Å². The van der Waals surface area contributed by atoms with E-state index < -0.39 is 5.97 Å². The molecule has 21 heavy (non-hydrogen) atoms. The number of carbonyl (C=O) groups excluding carboxylic acids is 2. The van der Waals surface area contributed by atoms with Crippen LogP contribution in [0.3, 0.4) is 0 Å². The molecule has 1 aliphatic heterocycles. The molecule has 1 atom stereocenters. The smallest absolute Gasteiger partial charge is 0.303 e. The summed E-state index contributed by atoms with van der Waals surface area (Å²) in [4.78, 5) is 34.1. The van der Waals surface area contributed by atoms with Crippen LogP contribution < -0.4 is 10.1 Å². The van der Waals surface area contributed by atoms with Gasteiger partial charge in [0.25, 0.3) is 5.91 Å². The van der Waals surface area contributed by atoms with Crippen molar-refractivity contribution in [3.8, 4) is 5.75 Å². The van der Waals surface area contributed by atoms with E-state index in [1.807, 2.05) is 0 Å². The number of ether oxygens (including phenoxy) is 1. The number of ketones is 1. The van der Waals surface area contributed by atoms with Gasteiger partial charge in [-0.05, 0) is 34.0 Å². The number of benzene rings is 1. The molecule has 0 saturated heterocycles. The number of nitrogens with one attached hydrogen (secondary N) is 1. The summed E-state index contributed by atoms with van der Waals surface area (Å²) in [6.07, 6.45) is 0.0803. The Kier molecular flexibility index (Phi) is 4.62. The first-order valence-electron chi connectivity index (χ1n) is 6.38. The van der Waals surface area contributed by atoms with Crippen molar-refractivity contribution in [2.24, 2.45) is 5.92 Å². The van der Waals surface area contributed by atoms with Gasteiger partial charge in [-0.25, -0.2) is 0 Å². The van der Waals surface area contributed by atoms with Gasteiger partial charge in [0.2, 0.25) is 0 Å². The Bertz CT molecular complexity index is 614. The molecular formula is C14H14BrNO5. The van der Waals surface area contributed by atoms with Crippen LogP contribution in [0.25, 0.3) is 0 Å². The van der Waals surface area contributed by atoms with Gasteiger partial charge in [-0.2, -0.15) is 0 Å². The predicted octanol–water partition coefficient (Wildman–Crippen LogP) is 2.46. The number of aliphatic carboxylic acids is 1. The summed E-state index contributed by atoms with van der Waals surface area (Å²) in [7, 11) is 0. The topological polar surface area (TPSA) is 92.7 Å². The van der Waals surface area contributed by atoms with Crippen LogP contribution in [-0.4, -0.2) is 29.4 Å². The summed E-state index contributed by atoms with van der Waals surface area (Å²) >= 11 is 3.29. The summed E-state index contributed by atoms with van der Waals surface area (Å²) < 4.78 is 5.81. The molecule has 1 heterocycles. The second-order valence-electron chi connectivity index (χ2n) is 5.00. The van der Waals surface area contributed by atoms with Gasteiger partial charge in [-0.3, -0.25) is 14.4 Å². The maximum atomic E-state index is 12.2. The van der Waals surface area contributed by atoms with E-state index in [-0.39, 0.29) is 37.1 Å². The van der Waals surface area contributed by atoms with Gasteiger partial charge in [0.1, 0.15) is 5.75 Å². The molecule has 1 amide bonds. The Morgan fingerprint density at radius 1 is 1.43 bits per heavy atom. The number of hydrogen-bond donors (Lipinski definition) is 2. The Hall–Kier alpha value is -1.89. The number of rotatable bonds is 5. The maximum absolute atomic E-state index is 12.2. The van der Waals surface area contributed by atoms with Gasteiger partial charge < -0.3 is 15.2 Å². The normalized spacial score (nSPS) is 14.7. The Morgan fingerprint density at radius 3 is 2.81 bits per heavy atom. The van der Waals surface area contributed by atoms with E-state index in [4.69, 9.17) is 9.84 Å². The predicted molar refractivity (Wildman–Crippen MR) is 78.6 cm³/mol. The molecule has 7 heteroatoms. The fraction of sp³-hybridized carbons (Fsp3) is 0.357. The number of anilines is 1. The lowest BCUT2D eigenvalue weighted by atomic mass is 9.97. The highest BCUT2D eigenvalue weighted by atomic mass is 79.9. The molecule has 1 aliphatic rings. The van der Waals surface area contributed by atoms with Gasteiger partial charge in [0.15, 0.2) is 12.4 Å². The Balaban J connectivity index is 2.18. The Morgan fingerprint density at radius 2 is 2.14 bits per heavy atom. The molecule has 0 saturated carbocycles. The minimum absolute atomic E-state index is 0.0547. The van der Waals surface area contributed by atoms with Crippen molar-refractivity contribution in [2.45, 2.75) is 19.8 Å². The van der Waals surface area contributed by atoms with Gasteiger partial charge in [0.05, 0.1) is 5.69 Å². The zero-order chi connectivity index (χ0) is 15.6. The van der Waals surface area contributed by atoms with E-state index >= 15 is 0 Å². The van der Waals surface area contributed by atoms with Crippen molar-refractivity contribution >= 4 is 39.3 Å². The highest BCUT2D eigenvalue weighted by molar-refractivity contribution is 9.10. The summed E-state index contributed by atoms with van der Waals surface area (Å²) in [6, 6.07) is 3.18. The summed E-state index contributed by atoms with van der Waals surface area (Å²) in [5.41, 5.74) is 0.926. The molecule has 1 unspecified atom stereocenters. The lowest BCUT2D eigenvalue weighted by molar-refractivity contribution is -0.137. The van der Waals surface area contributed by atoms with Crippen molar-refractivity contribution in [3.05, 3.63) is 22.2 Å². The molecule has 6 nitrogen and oxygen atoms in total. The molecule has 1 aromatic rings. The number of carbonyl (C=O) groups is 3. The highest BCUT2D eigenvalue weighted by Gasteiger charge is 2.22. The fourth-order valence-corrected chi connectivity index (χ4v) is 2.67. The zero-order valence-corrected chi connectivity index (χ0v) is 12.9. The van der Waals surface area contributed by atoms with Crippen LogP contribution in [0.1, 0.15) is 30.1 Å². The van der Waals surface area contributed by atoms with Crippen molar-refractivity contribution in [3.63, 3.8) is 0 Å². The van der Waals surface area contributed by atoms with Crippen molar-refractivity contribution in [1.82, 2.24) is 0 Å². The number of carboxylic acid groups (broad SMARTS) is 1. The fourth-order valence-electron chi connectivity index (χ4n) is 2.11. The molecule has 0 aromatic heterocycles. The third-order valence-corrected chi connectivity index (χ3v) is 3.72. The van der Waals surface area contributed by atoms with Gasteiger partial charge in [-0.15, -0.1) is 0 Å². The molecule has 0 fully saturated rings. The SMILES string of the molecule is CC(CC(=O)O)CC(=O)c1cc2c(cc1Br)NC(=O)CO2. The second-order valence-corrected chi connectivity index (χ2v) is 5.85. The van der Waals surface area contributed by atoms with Crippen molar-refractivity contribution in [2.75, 3.05) is 11.9 Å². The lowest BCUT2D eigenvalue weighted by Crippen LogP contribution is -2.25. The zero-order valence-electron chi connectivity index (χ0n) is 11.3. The average Bonchev–Trinajstić information content (AvgIpc) is 2.36. The van der Waals surface area contributed by atoms with Crippen LogP contribution in [0.2, 0.25) is 0 Å². The van der Waals surface area contributed by atoms with Crippen molar-refractivity contribution < 1.29 is 24.2 Å². The van der Waals surface area contributed by atoms with E-state index in [0.29, 0.717) is 21.5 Å². The quantitative estimate of drug-likeness (QED) is 0.791. The molecular weight excluding hydrogens is 342 g/mol. The van der Waals surface area contributed by atoms with Crippen LogP contribution in [0.5, 0.6) is 5.75 Å². The highest BCUT2D eigenvalue weighted by Crippen LogP contribution is 2.34. The first-order valence-corrected chi connectivity index (χ1v) is 7.17. The number of amides is 1. The van der Waals surface area contributed by atoms with E-state index in [1.54, 1.807) is 19.1 Å². The average molecular weight is 356 g/mol. The minimum Gasteiger partial charge on any atom is -0.482 e. The van der Waals surface area contributed by atoms with Crippen LogP contribution in [0.15, 0.2) is 16.6 Å². The van der Waals surface area contributed by atoms with Crippen LogP contribution >= 0.6 is 15.9 Å². The van der Waals surface area contributed by atoms with E-state index in [0.717, 1.165) is 0 Å². The molecule has 0 spiro atoms.